The van der Waals surface area contributed by atoms with Gasteiger partial charge in [-0.05, 0) is 19.9 Å². The minimum atomic E-state index is -0.132. The molecular weight excluding hydrogens is 292 g/mol. The lowest BCUT2D eigenvalue weighted by molar-refractivity contribution is -0.00329. The summed E-state index contributed by atoms with van der Waals surface area (Å²) in [5.41, 5.74) is 3.38. The van der Waals surface area contributed by atoms with Crippen molar-refractivity contribution in [2.75, 3.05) is 19.8 Å². The molecule has 0 aliphatic carbocycles. The molecule has 0 saturated carbocycles. The summed E-state index contributed by atoms with van der Waals surface area (Å²) in [6.45, 7) is 5.44. The number of amides is 1. The van der Waals surface area contributed by atoms with Crippen LogP contribution in [0.15, 0.2) is 12.3 Å². The Morgan fingerprint density at radius 1 is 1.52 bits per heavy atom. The number of carbonyl (C=O) groups excluding carboxylic acids is 1. The summed E-state index contributed by atoms with van der Waals surface area (Å²) in [4.78, 5) is 17.4. The average Bonchev–Trinajstić information content (AvgIpc) is 3.05. The maximum absolute atomic E-state index is 12.7. The van der Waals surface area contributed by atoms with E-state index >= 15 is 0 Å². The minimum Gasteiger partial charge on any atom is -0.377 e. The van der Waals surface area contributed by atoms with E-state index in [1.54, 1.807) is 12.3 Å². The molecule has 1 fully saturated rings. The van der Waals surface area contributed by atoms with E-state index < -0.39 is 0 Å². The van der Waals surface area contributed by atoms with E-state index in [4.69, 9.17) is 16.3 Å². The highest BCUT2D eigenvalue weighted by Gasteiger charge is 2.32. The Hall–Kier alpha value is -1.79. The van der Waals surface area contributed by atoms with E-state index in [9.17, 15) is 4.79 Å². The number of hydrogen-bond acceptors (Lipinski definition) is 3. The van der Waals surface area contributed by atoms with E-state index in [0.717, 1.165) is 17.0 Å². The van der Waals surface area contributed by atoms with Crippen LogP contribution in [0.2, 0.25) is 5.02 Å². The first-order chi connectivity index (χ1) is 10.1. The van der Waals surface area contributed by atoms with E-state index in [1.807, 2.05) is 18.7 Å². The number of hydrogen-bond donors (Lipinski definition) is 2. The molecule has 0 radical (unpaired) electrons. The summed E-state index contributed by atoms with van der Waals surface area (Å²) in [7, 11) is 0. The number of nitrogens with one attached hydrogen (secondary N) is 2. The second-order valence-electron chi connectivity index (χ2n) is 5.17. The van der Waals surface area contributed by atoms with Crippen molar-refractivity contribution in [1.82, 2.24) is 20.1 Å². The molecule has 0 aromatic carbocycles. The molecule has 0 bridgehead atoms. The zero-order valence-electron chi connectivity index (χ0n) is 11.9. The second-order valence-corrected chi connectivity index (χ2v) is 5.60. The maximum atomic E-state index is 12.7. The molecule has 1 aliphatic heterocycles. The third kappa shape index (κ3) is 2.56. The smallest absolute Gasteiger partial charge is 0.270 e. The summed E-state index contributed by atoms with van der Waals surface area (Å²) in [5, 5.41) is 7.71. The van der Waals surface area contributed by atoms with Gasteiger partial charge in [-0.15, -0.1) is 0 Å². The first kappa shape index (κ1) is 14.2. The molecule has 21 heavy (non-hydrogen) atoms. The Balaban J connectivity index is 1.93. The molecule has 6 nitrogen and oxygen atoms in total. The van der Waals surface area contributed by atoms with Crippen LogP contribution in [0.1, 0.15) is 33.5 Å². The van der Waals surface area contributed by atoms with Crippen LogP contribution >= 0.6 is 11.6 Å². The standard InChI is InChI=1S/C14H17ClN4O2/c1-8-13(9(2)18-17-8)12-7-21-4-3-19(12)14(20)11-5-10(15)6-16-11/h5-6,12,16H,3-4,7H2,1-2H3,(H,17,18)/t12-/m0/s1. The molecule has 3 heterocycles. The molecular formula is C14H17ClN4O2. The number of H-pyrrole nitrogens is 2. The zero-order chi connectivity index (χ0) is 15.0. The number of aromatic nitrogens is 3. The molecule has 1 saturated heterocycles. The average molecular weight is 309 g/mol. The lowest BCUT2D eigenvalue weighted by Crippen LogP contribution is -2.43. The van der Waals surface area contributed by atoms with Crippen molar-refractivity contribution in [3.05, 3.63) is 39.9 Å². The van der Waals surface area contributed by atoms with Crippen molar-refractivity contribution in [3.8, 4) is 0 Å². The topological polar surface area (TPSA) is 74.0 Å². The molecule has 7 heteroatoms. The van der Waals surface area contributed by atoms with Gasteiger partial charge in [-0.25, -0.2) is 0 Å². The first-order valence-corrected chi connectivity index (χ1v) is 7.20. The van der Waals surface area contributed by atoms with Gasteiger partial charge in [0.15, 0.2) is 0 Å². The number of aromatic amines is 2. The third-order valence-corrected chi connectivity index (χ3v) is 4.00. The van der Waals surface area contributed by atoms with Gasteiger partial charge in [0.1, 0.15) is 5.69 Å². The molecule has 1 amide bonds. The number of nitrogens with zero attached hydrogens (tertiary/aromatic N) is 2. The van der Waals surface area contributed by atoms with Crippen LogP contribution < -0.4 is 0 Å². The van der Waals surface area contributed by atoms with E-state index in [1.165, 1.54) is 0 Å². The van der Waals surface area contributed by atoms with E-state index in [0.29, 0.717) is 30.5 Å². The normalized spacial score (nSPS) is 19.0. The van der Waals surface area contributed by atoms with Gasteiger partial charge in [0.05, 0.1) is 30.0 Å². The fourth-order valence-corrected chi connectivity index (χ4v) is 2.95. The molecule has 2 N–H and O–H groups in total. The number of ether oxygens (including phenoxy) is 1. The highest BCUT2D eigenvalue weighted by molar-refractivity contribution is 6.30. The Labute approximate surface area is 127 Å². The Morgan fingerprint density at radius 3 is 2.95 bits per heavy atom. The van der Waals surface area contributed by atoms with Gasteiger partial charge < -0.3 is 14.6 Å². The summed E-state index contributed by atoms with van der Waals surface area (Å²) >= 11 is 5.89. The molecule has 112 valence electrons. The van der Waals surface area contributed by atoms with E-state index in [-0.39, 0.29) is 11.9 Å². The number of rotatable bonds is 2. The molecule has 0 unspecified atom stereocenters. The maximum Gasteiger partial charge on any atom is 0.270 e. The van der Waals surface area contributed by atoms with Gasteiger partial charge in [0.2, 0.25) is 0 Å². The van der Waals surface area contributed by atoms with Crippen molar-refractivity contribution < 1.29 is 9.53 Å². The summed E-state index contributed by atoms with van der Waals surface area (Å²) in [6, 6.07) is 1.51. The fourth-order valence-electron chi connectivity index (χ4n) is 2.78. The van der Waals surface area contributed by atoms with Crippen LogP contribution in [0.5, 0.6) is 0 Å². The highest BCUT2D eigenvalue weighted by atomic mass is 35.5. The first-order valence-electron chi connectivity index (χ1n) is 6.82. The predicted octanol–water partition coefficient (Wildman–Crippen LogP) is 2.22. The number of halogens is 1. The van der Waals surface area contributed by atoms with Crippen LogP contribution in [0.3, 0.4) is 0 Å². The van der Waals surface area contributed by atoms with E-state index in [2.05, 4.69) is 15.2 Å². The van der Waals surface area contributed by atoms with Crippen molar-refractivity contribution in [3.63, 3.8) is 0 Å². The Bertz CT molecular complexity index is 644. The van der Waals surface area contributed by atoms with Gasteiger partial charge in [0, 0.05) is 24.0 Å². The molecule has 3 rings (SSSR count). The quantitative estimate of drug-likeness (QED) is 0.893. The molecule has 2 aromatic heterocycles. The van der Waals surface area contributed by atoms with Crippen LogP contribution in [-0.4, -0.2) is 45.7 Å². The van der Waals surface area contributed by atoms with Gasteiger partial charge in [0.25, 0.3) is 5.91 Å². The van der Waals surface area contributed by atoms with Gasteiger partial charge >= 0.3 is 0 Å². The molecule has 0 spiro atoms. The highest BCUT2D eigenvalue weighted by Crippen LogP contribution is 2.29. The summed E-state index contributed by atoms with van der Waals surface area (Å²) in [5.74, 6) is -0.0739. The summed E-state index contributed by atoms with van der Waals surface area (Å²) < 4.78 is 5.57. The lowest BCUT2D eigenvalue weighted by atomic mass is 10.0. The van der Waals surface area contributed by atoms with Crippen molar-refractivity contribution >= 4 is 17.5 Å². The van der Waals surface area contributed by atoms with Crippen molar-refractivity contribution in [2.24, 2.45) is 0 Å². The largest absolute Gasteiger partial charge is 0.377 e. The Morgan fingerprint density at radius 2 is 2.33 bits per heavy atom. The molecule has 1 atom stereocenters. The zero-order valence-corrected chi connectivity index (χ0v) is 12.7. The summed E-state index contributed by atoms with van der Waals surface area (Å²) in [6.07, 6.45) is 1.61. The minimum absolute atomic E-state index is 0.0739. The van der Waals surface area contributed by atoms with Crippen molar-refractivity contribution in [1.29, 1.82) is 0 Å². The van der Waals surface area contributed by atoms with Crippen molar-refractivity contribution in [2.45, 2.75) is 19.9 Å². The Kier molecular flexibility index (Phi) is 3.73. The van der Waals surface area contributed by atoms with Crippen LogP contribution in [-0.2, 0) is 4.74 Å². The lowest BCUT2D eigenvalue weighted by Gasteiger charge is -2.35. The predicted molar refractivity (Wildman–Crippen MR) is 78.5 cm³/mol. The van der Waals surface area contributed by atoms with Crippen LogP contribution in [0, 0.1) is 13.8 Å². The number of morpholine rings is 1. The fraction of sp³-hybridized carbons (Fsp3) is 0.429. The van der Waals surface area contributed by atoms with Gasteiger partial charge in [-0.1, -0.05) is 11.6 Å². The van der Waals surface area contributed by atoms with Crippen LogP contribution in [0.4, 0.5) is 0 Å². The monoisotopic (exact) mass is 308 g/mol. The number of carbonyl (C=O) groups is 1. The van der Waals surface area contributed by atoms with Crippen LogP contribution in [0.25, 0.3) is 0 Å². The van der Waals surface area contributed by atoms with Gasteiger partial charge in [-0.2, -0.15) is 5.10 Å². The number of aryl methyl sites for hydroxylation is 2. The second kappa shape index (κ2) is 5.54. The third-order valence-electron chi connectivity index (χ3n) is 3.79. The van der Waals surface area contributed by atoms with Gasteiger partial charge in [-0.3, -0.25) is 9.89 Å². The molecule has 2 aromatic rings. The SMILES string of the molecule is Cc1n[nH]c(C)c1[C@@H]1COCCN1C(=O)c1cc(Cl)c[nH]1. The molecule has 1 aliphatic rings.